The predicted octanol–water partition coefficient (Wildman–Crippen LogP) is 4.94. The molecule has 0 aromatic heterocycles. The van der Waals surface area contributed by atoms with Gasteiger partial charge in [-0.15, -0.1) is 12.4 Å². The topological polar surface area (TPSA) is 35.2 Å². The molecule has 0 saturated heterocycles. The van der Waals surface area contributed by atoms with Crippen molar-refractivity contribution in [1.82, 2.24) is 0 Å². The Hall–Kier alpha value is -1.51. The van der Waals surface area contributed by atoms with Gasteiger partial charge in [0.15, 0.2) is 0 Å². The van der Waals surface area contributed by atoms with Crippen LogP contribution in [0.2, 0.25) is 0 Å². The second-order valence-electron chi connectivity index (χ2n) is 7.18. The minimum absolute atomic E-state index is 0. The highest BCUT2D eigenvalue weighted by molar-refractivity contribution is 5.85. The monoisotopic (exact) mass is 345 g/mol. The number of hydrogen-bond donors (Lipinski definition) is 1. The normalized spacial score (nSPS) is 20.5. The van der Waals surface area contributed by atoms with Crippen LogP contribution in [0.4, 0.5) is 0 Å². The summed E-state index contributed by atoms with van der Waals surface area (Å²) in [5.74, 6) is 1.45. The Labute approximate surface area is 151 Å². The summed E-state index contributed by atoms with van der Waals surface area (Å²) >= 11 is 0. The minimum Gasteiger partial charge on any atom is -0.493 e. The van der Waals surface area contributed by atoms with Crippen LogP contribution in [0.3, 0.4) is 0 Å². The van der Waals surface area contributed by atoms with Gasteiger partial charge in [-0.1, -0.05) is 62.7 Å². The second kappa shape index (κ2) is 8.04. The van der Waals surface area contributed by atoms with Crippen LogP contribution in [0.25, 0.3) is 0 Å². The maximum Gasteiger partial charge on any atom is 0.119 e. The fourth-order valence-corrected chi connectivity index (χ4v) is 3.47. The highest BCUT2D eigenvalue weighted by Crippen LogP contribution is 2.32. The van der Waals surface area contributed by atoms with Gasteiger partial charge in [-0.3, -0.25) is 0 Å². The van der Waals surface area contributed by atoms with Crippen molar-refractivity contribution in [2.45, 2.75) is 44.6 Å². The average molecular weight is 346 g/mol. The lowest BCUT2D eigenvalue weighted by molar-refractivity contribution is 0.239. The first kappa shape index (κ1) is 18.8. The van der Waals surface area contributed by atoms with Crippen molar-refractivity contribution in [2.75, 3.05) is 6.61 Å². The molecule has 2 N–H and O–H groups in total. The minimum atomic E-state index is -0.00635. The third-order valence-electron chi connectivity index (χ3n) is 5.25. The standard InChI is InChI=1S/C21H27NO.ClH/c1-21(2,17-8-4-3-5-9-17)18-11-13-19(14-12-18)23-15-16-7-6-10-20(16)22;/h3-5,8-9,11-14,16,20H,6-7,10,15,22H2,1-2H3;1H/t16-,20-;/m0./s1. The SMILES string of the molecule is CC(C)(c1ccccc1)c1ccc(OC[C@@H]2CCC[C@@H]2N)cc1.Cl. The number of ether oxygens (including phenoxy) is 1. The molecular weight excluding hydrogens is 318 g/mol. The number of halogens is 1. The smallest absolute Gasteiger partial charge is 0.119 e. The molecule has 0 aliphatic heterocycles. The number of benzene rings is 2. The molecule has 0 bridgehead atoms. The van der Waals surface area contributed by atoms with Crippen molar-refractivity contribution in [3.63, 3.8) is 0 Å². The first-order valence-corrected chi connectivity index (χ1v) is 8.62. The fraction of sp³-hybridized carbons (Fsp3) is 0.429. The molecule has 2 aromatic rings. The van der Waals surface area contributed by atoms with Gasteiger partial charge < -0.3 is 10.5 Å². The van der Waals surface area contributed by atoms with Crippen molar-refractivity contribution in [3.8, 4) is 5.75 Å². The number of hydrogen-bond acceptors (Lipinski definition) is 2. The predicted molar refractivity (Wildman–Crippen MR) is 103 cm³/mol. The van der Waals surface area contributed by atoms with Gasteiger partial charge in [0.2, 0.25) is 0 Å². The summed E-state index contributed by atoms with van der Waals surface area (Å²) in [4.78, 5) is 0. The summed E-state index contributed by atoms with van der Waals surface area (Å²) in [7, 11) is 0. The molecule has 3 heteroatoms. The quantitative estimate of drug-likeness (QED) is 0.832. The lowest BCUT2D eigenvalue weighted by atomic mass is 9.78. The molecule has 1 aliphatic carbocycles. The number of nitrogens with two attached hydrogens (primary N) is 1. The van der Waals surface area contributed by atoms with Gasteiger partial charge in [-0.05, 0) is 36.1 Å². The Morgan fingerprint density at radius 3 is 2.17 bits per heavy atom. The van der Waals surface area contributed by atoms with E-state index in [4.69, 9.17) is 10.5 Å². The zero-order valence-corrected chi connectivity index (χ0v) is 15.4. The molecule has 0 unspecified atom stereocenters. The molecule has 1 fully saturated rings. The third kappa shape index (κ3) is 4.12. The molecular formula is C21H28ClNO. The van der Waals surface area contributed by atoms with Gasteiger partial charge in [0, 0.05) is 17.4 Å². The highest BCUT2D eigenvalue weighted by atomic mass is 35.5. The summed E-state index contributed by atoms with van der Waals surface area (Å²) in [6.07, 6.45) is 3.57. The van der Waals surface area contributed by atoms with E-state index in [1.165, 1.54) is 24.0 Å². The van der Waals surface area contributed by atoms with Crippen molar-refractivity contribution < 1.29 is 4.74 Å². The zero-order valence-electron chi connectivity index (χ0n) is 14.6. The van der Waals surface area contributed by atoms with Crippen LogP contribution in [0, 0.1) is 5.92 Å². The summed E-state index contributed by atoms with van der Waals surface area (Å²) in [5, 5.41) is 0. The van der Waals surface area contributed by atoms with E-state index in [9.17, 15) is 0 Å². The van der Waals surface area contributed by atoms with E-state index in [2.05, 4.69) is 68.4 Å². The van der Waals surface area contributed by atoms with E-state index >= 15 is 0 Å². The van der Waals surface area contributed by atoms with Crippen LogP contribution >= 0.6 is 12.4 Å². The van der Waals surface area contributed by atoms with E-state index in [0.29, 0.717) is 12.0 Å². The fourth-order valence-electron chi connectivity index (χ4n) is 3.47. The molecule has 24 heavy (non-hydrogen) atoms. The van der Waals surface area contributed by atoms with Crippen molar-refractivity contribution in [1.29, 1.82) is 0 Å². The molecule has 0 radical (unpaired) electrons. The van der Waals surface area contributed by atoms with Crippen molar-refractivity contribution in [3.05, 3.63) is 65.7 Å². The van der Waals surface area contributed by atoms with Gasteiger partial charge >= 0.3 is 0 Å². The molecule has 2 aromatic carbocycles. The largest absolute Gasteiger partial charge is 0.493 e. The van der Waals surface area contributed by atoms with Gasteiger partial charge in [0.05, 0.1) is 6.61 Å². The van der Waals surface area contributed by atoms with Gasteiger partial charge in [0.25, 0.3) is 0 Å². The molecule has 1 saturated carbocycles. The Morgan fingerprint density at radius 1 is 0.958 bits per heavy atom. The molecule has 2 nitrogen and oxygen atoms in total. The Bertz CT molecular complexity index is 624. The van der Waals surface area contributed by atoms with E-state index in [-0.39, 0.29) is 17.8 Å². The lowest BCUT2D eigenvalue weighted by Crippen LogP contribution is -2.28. The molecule has 130 valence electrons. The van der Waals surface area contributed by atoms with E-state index in [1.807, 2.05) is 0 Å². The van der Waals surface area contributed by atoms with Gasteiger partial charge in [-0.2, -0.15) is 0 Å². The molecule has 1 aliphatic rings. The zero-order chi connectivity index (χ0) is 16.3. The molecule has 0 heterocycles. The van der Waals surface area contributed by atoms with E-state index in [1.54, 1.807) is 0 Å². The molecule has 2 atom stereocenters. The average Bonchev–Trinajstić information content (AvgIpc) is 2.99. The van der Waals surface area contributed by atoms with Crippen LogP contribution in [-0.4, -0.2) is 12.6 Å². The van der Waals surface area contributed by atoms with Crippen LogP contribution < -0.4 is 10.5 Å². The first-order valence-electron chi connectivity index (χ1n) is 8.62. The Morgan fingerprint density at radius 2 is 1.58 bits per heavy atom. The van der Waals surface area contributed by atoms with Crippen molar-refractivity contribution in [2.24, 2.45) is 11.7 Å². The maximum absolute atomic E-state index is 6.11. The summed E-state index contributed by atoms with van der Waals surface area (Å²) in [6, 6.07) is 19.5. The van der Waals surface area contributed by atoms with Crippen LogP contribution in [0.5, 0.6) is 5.75 Å². The summed E-state index contributed by atoms with van der Waals surface area (Å²) < 4.78 is 5.95. The summed E-state index contributed by atoms with van der Waals surface area (Å²) in [5.41, 5.74) is 8.73. The summed E-state index contributed by atoms with van der Waals surface area (Å²) in [6.45, 7) is 5.26. The highest BCUT2D eigenvalue weighted by Gasteiger charge is 2.25. The molecule has 3 rings (SSSR count). The third-order valence-corrected chi connectivity index (χ3v) is 5.25. The first-order chi connectivity index (χ1) is 11.1. The maximum atomic E-state index is 6.11. The Balaban J connectivity index is 0.00000208. The number of rotatable bonds is 5. The van der Waals surface area contributed by atoms with Gasteiger partial charge in [0.1, 0.15) is 5.75 Å². The van der Waals surface area contributed by atoms with Gasteiger partial charge in [-0.25, -0.2) is 0 Å². The van der Waals surface area contributed by atoms with Crippen LogP contribution in [0.1, 0.15) is 44.2 Å². The Kier molecular flexibility index (Phi) is 6.31. The van der Waals surface area contributed by atoms with Crippen molar-refractivity contribution >= 4 is 12.4 Å². The molecule has 0 spiro atoms. The second-order valence-corrected chi connectivity index (χ2v) is 7.18. The lowest BCUT2D eigenvalue weighted by Gasteiger charge is -2.26. The van der Waals surface area contributed by atoms with E-state index in [0.717, 1.165) is 18.8 Å². The molecule has 0 amide bonds. The van der Waals surface area contributed by atoms with E-state index < -0.39 is 0 Å². The van der Waals surface area contributed by atoms with Crippen LogP contribution in [0.15, 0.2) is 54.6 Å². The van der Waals surface area contributed by atoms with Crippen LogP contribution in [-0.2, 0) is 5.41 Å².